The Balaban J connectivity index is 1.34. The highest BCUT2D eigenvalue weighted by molar-refractivity contribution is 5.91. The van der Waals surface area contributed by atoms with Crippen LogP contribution in [0, 0.1) is 5.82 Å². The van der Waals surface area contributed by atoms with Gasteiger partial charge in [-0.1, -0.05) is 25.3 Å². The first-order valence-electron chi connectivity index (χ1n) is 10.1. The number of carbonyl (C=O) groups excluding carboxylic acids is 2. The van der Waals surface area contributed by atoms with Crippen LogP contribution in [0.1, 0.15) is 32.1 Å². The van der Waals surface area contributed by atoms with E-state index in [9.17, 15) is 14.0 Å². The van der Waals surface area contributed by atoms with Crippen LogP contribution >= 0.6 is 0 Å². The Morgan fingerprint density at radius 3 is 2.22 bits per heavy atom. The van der Waals surface area contributed by atoms with Gasteiger partial charge in [-0.3, -0.25) is 9.59 Å². The van der Waals surface area contributed by atoms with Crippen LogP contribution in [0.3, 0.4) is 0 Å². The van der Waals surface area contributed by atoms with Crippen molar-refractivity contribution in [1.82, 2.24) is 5.32 Å². The fourth-order valence-electron chi connectivity index (χ4n) is 4.06. The number of halogens is 1. The van der Waals surface area contributed by atoms with Crippen molar-refractivity contribution in [3.63, 3.8) is 0 Å². The minimum Gasteiger partial charge on any atom is -0.348 e. The molecular weight excluding hydrogens is 347 g/mol. The zero-order valence-electron chi connectivity index (χ0n) is 15.9. The minimum atomic E-state index is -0.358. The SMILES string of the molecule is O=C(C[NH+]1CC[NH+](CC(=O)NC2CCCCC2)CC1)Nc1cccc(F)c1. The highest BCUT2D eigenvalue weighted by Gasteiger charge is 2.27. The minimum absolute atomic E-state index is 0.103. The van der Waals surface area contributed by atoms with E-state index < -0.39 is 0 Å². The predicted molar refractivity (Wildman–Crippen MR) is 101 cm³/mol. The van der Waals surface area contributed by atoms with Crippen LogP contribution in [0.25, 0.3) is 0 Å². The fourth-order valence-corrected chi connectivity index (χ4v) is 4.06. The van der Waals surface area contributed by atoms with E-state index in [0.717, 1.165) is 39.0 Å². The zero-order chi connectivity index (χ0) is 19.1. The number of piperazine rings is 1. The summed E-state index contributed by atoms with van der Waals surface area (Å²) >= 11 is 0. The number of carbonyl (C=O) groups is 2. The first-order valence-corrected chi connectivity index (χ1v) is 10.1. The van der Waals surface area contributed by atoms with E-state index in [2.05, 4.69) is 10.6 Å². The Morgan fingerprint density at radius 1 is 0.963 bits per heavy atom. The molecule has 6 nitrogen and oxygen atoms in total. The molecule has 1 aliphatic heterocycles. The van der Waals surface area contributed by atoms with Gasteiger partial charge in [0.05, 0.1) is 0 Å². The zero-order valence-corrected chi connectivity index (χ0v) is 15.9. The number of hydrogen-bond acceptors (Lipinski definition) is 2. The summed E-state index contributed by atoms with van der Waals surface area (Å²) in [5, 5.41) is 5.93. The summed E-state index contributed by atoms with van der Waals surface area (Å²) in [6.07, 6.45) is 5.95. The van der Waals surface area contributed by atoms with Gasteiger partial charge in [-0.2, -0.15) is 0 Å². The van der Waals surface area contributed by atoms with Crippen LogP contribution in [0.5, 0.6) is 0 Å². The van der Waals surface area contributed by atoms with Crippen LogP contribution in [-0.4, -0.2) is 57.1 Å². The lowest BCUT2D eigenvalue weighted by Crippen LogP contribution is -3.28. The molecule has 1 saturated carbocycles. The molecule has 3 rings (SSSR count). The molecule has 4 N–H and O–H groups in total. The summed E-state index contributed by atoms with van der Waals surface area (Å²) in [6.45, 7) is 4.41. The molecule has 0 aromatic heterocycles. The molecule has 2 aliphatic rings. The molecule has 27 heavy (non-hydrogen) atoms. The Kier molecular flexibility index (Phi) is 7.18. The van der Waals surface area contributed by atoms with Crippen molar-refractivity contribution in [2.24, 2.45) is 0 Å². The van der Waals surface area contributed by atoms with E-state index in [1.54, 1.807) is 12.1 Å². The lowest BCUT2D eigenvalue weighted by atomic mass is 9.95. The lowest BCUT2D eigenvalue weighted by Gasteiger charge is -2.29. The summed E-state index contributed by atoms with van der Waals surface area (Å²) in [4.78, 5) is 26.9. The van der Waals surface area contributed by atoms with Crippen molar-refractivity contribution < 1.29 is 23.8 Å². The Bertz CT molecular complexity index is 641. The maximum atomic E-state index is 13.2. The molecule has 1 aromatic carbocycles. The van der Waals surface area contributed by atoms with Crippen LogP contribution in [0.2, 0.25) is 0 Å². The van der Waals surface area contributed by atoms with Crippen LogP contribution < -0.4 is 20.4 Å². The van der Waals surface area contributed by atoms with Crippen molar-refractivity contribution in [3.05, 3.63) is 30.1 Å². The van der Waals surface area contributed by atoms with Gasteiger partial charge in [-0.05, 0) is 31.0 Å². The van der Waals surface area contributed by atoms with Crippen molar-refractivity contribution in [1.29, 1.82) is 0 Å². The third-order valence-corrected chi connectivity index (χ3v) is 5.56. The van der Waals surface area contributed by atoms with E-state index in [0.29, 0.717) is 24.8 Å². The second-order valence-corrected chi connectivity index (χ2v) is 7.81. The Hall–Kier alpha value is -1.99. The maximum absolute atomic E-state index is 13.2. The van der Waals surface area contributed by atoms with E-state index in [-0.39, 0.29) is 17.6 Å². The first kappa shape index (κ1) is 19.8. The molecule has 0 radical (unpaired) electrons. The molecule has 7 heteroatoms. The third kappa shape index (κ3) is 6.59. The quantitative estimate of drug-likeness (QED) is 0.513. The lowest BCUT2D eigenvalue weighted by molar-refractivity contribution is -1.00. The van der Waals surface area contributed by atoms with E-state index in [4.69, 9.17) is 0 Å². The van der Waals surface area contributed by atoms with Gasteiger partial charge in [-0.25, -0.2) is 4.39 Å². The molecule has 1 aromatic rings. The van der Waals surface area contributed by atoms with E-state index in [1.165, 1.54) is 41.2 Å². The smallest absolute Gasteiger partial charge is 0.279 e. The Morgan fingerprint density at radius 2 is 1.59 bits per heavy atom. The summed E-state index contributed by atoms with van der Waals surface area (Å²) in [7, 11) is 0. The summed E-state index contributed by atoms with van der Waals surface area (Å²) in [5.74, 6) is -0.304. The van der Waals surface area contributed by atoms with Gasteiger partial charge >= 0.3 is 0 Å². The normalized spacial score (nSPS) is 23.6. The molecule has 1 saturated heterocycles. The standard InChI is InChI=1S/C20H29FN4O2/c21-16-5-4-8-18(13-16)23-20(27)15-25-11-9-24(10-12-25)14-19(26)22-17-6-2-1-3-7-17/h4-5,8,13,17H,1-3,6-7,9-12,14-15H2,(H,22,26)(H,23,27)/p+2. The van der Waals surface area contributed by atoms with Gasteiger partial charge in [0.1, 0.15) is 32.0 Å². The van der Waals surface area contributed by atoms with Gasteiger partial charge in [0, 0.05) is 11.7 Å². The molecular formula is C20H31FN4O2+2. The van der Waals surface area contributed by atoms with E-state index in [1.807, 2.05) is 0 Å². The fraction of sp³-hybridized carbons (Fsp3) is 0.600. The average molecular weight is 378 g/mol. The molecule has 2 fully saturated rings. The molecule has 0 bridgehead atoms. The van der Waals surface area contributed by atoms with Gasteiger partial charge in [0.25, 0.3) is 11.8 Å². The number of amides is 2. The number of benzene rings is 1. The highest BCUT2D eigenvalue weighted by atomic mass is 19.1. The van der Waals surface area contributed by atoms with Crippen LogP contribution in [-0.2, 0) is 9.59 Å². The summed E-state index contributed by atoms with van der Waals surface area (Å²) in [6, 6.07) is 6.30. The average Bonchev–Trinajstić information content (AvgIpc) is 2.64. The summed E-state index contributed by atoms with van der Waals surface area (Å²) < 4.78 is 13.2. The molecule has 148 valence electrons. The predicted octanol–water partition coefficient (Wildman–Crippen LogP) is -1.00. The third-order valence-electron chi connectivity index (χ3n) is 5.56. The van der Waals surface area contributed by atoms with Crippen molar-refractivity contribution in [2.75, 3.05) is 44.6 Å². The molecule has 1 heterocycles. The van der Waals surface area contributed by atoms with Crippen molar-refractivity contribution >= 4 is 17.5 Å². The monoisotopic (exact) mass is 378 g/mol. The summed E-state index contributed by atoms with van der Waals surface area (Å²) in [5.41, 5.74) is 0.489. The van der Waals surface area contributed by atoms with Gasteiger partial charge < -0.3 is 20.4 Å². The molecule has 0 unspecified atom stereocenters. The molecule has 2 amide bonds. The van der Waals surface area contributed by atoms with Crippen LogP contribution in [0.4, 0.5) is 10.1 Å². The largest absolute Gasteiger partial charge is 0.348 e. The number of nitrogens with one attached hydrogen (secondary N) is 4. The van der Waals surface area contributed by atoms with E-state index >= 15 is 0 Å². The molecule has 0 spiro atoms. The van der Waals surface area contributed by atoms with Gasteiger partial charge in [0.2, 0.25) is 0 Å². The number of hydrogen-bond donors (Lipinski definition) is 4. The molecule has 1 aliphatic carbocycles. The Labute approximate surface area is 160 Å². The van der Waals surface area contributed by atoms with Gasteiger partial charge in [0.15, 0.2) is 13.1 Å². The number of anilines is 1. The maximum Gasteiger partial charge on any atom is 0.279 e. The number of quaternary nitrogens is 2. The first-order chi connectivity index (χ1) is 13.1. The second kappa shape index (κ2) is 9.80. The topological polar surface area (TPSA) is 67.1 Å². The molecule has 0 atom stereocenters. The number of rotatable bonds is 6. The van der Waals surface area contributed by atoms with Crippen LogP contribution in [0.15, 0.2) is 24.3 Å². The second-order valence-electron chi connectivity index (χ2n) is 7.81. The van der Waals surface area contributed by atoms with Crippen molar-refractivity contribution in [3.8, 4) is 0 Å². The van der Waals surface area contributed by atoms with Gasteiger partial charge in [-0.15, -0.1) is 0 Å². The highest BCUT2D eigenvalue weighted by Crippen LogP contribution is 2.17. The van der Waals surface area contributed by atoms with Crippen molar-refractivity contribution in [2.45, 2.75) is 38.1 Å².